The maximum atomic E-state index is 12.0. The van der Waals surface area contributed by atoms with Crippen LogP contribution in [-0.2, 0) is 9.84 Å². The lowest BCUT2D eigenvalue weighted by molar-refractivity contribution is 0.386. The van der Waals surface area contributed by atoms with Crippen LogP contribution in [0.2, 0.25) is 0 Å². The van der Waals surface area contributed by atoms with Crippen molar-refractivity contribution in [1.29, 1.82) is 0 Å². The summed E-state index contributed by atoms with van der Waals surface area (Å²) in [6.45, 7) is 8.10. The molecular weight excluding hydrogens is 184 g/mol. The van der Waals surface area contributed by atoms with E-state index in [4.69, 9.17) is 0 Å². The monoisotopic (exact) mass is 204 g/mol. The summed E-state index contributed by atoms with van der Waals surface area (Å²) in [4.78, 5) is 0. The normalized spacial score (nSPS) is 43.7. The zero-order valence-electron chi connectivity index (χ0n) is 8.95. The number of rotatable bonds is 2. The predicted octanol–water partition coefficient (Wildman–Crippen LogP) is 2.24. The van der Waals surface area contributed by atoms with Crippen molar-refractivity contribution >= 4 is 9.84 Å². The fourth-order valence-corrected chi connectivity index (χ4v) is 5.78. The van der Waals surface area contributed by atoms with Gasteiger partial charge in [0.25, 0.3) is 0 Å². The molecule has 0 amide bonds. The fraction of sp³-hybridized carbons (Fsp3) is 1.00. The minimum atomic E-state index is -2.83. The van der Waals surface area contributed by atoms with Crippen LogP contribution in [0.5, 0.6) is 0 Å². The Kier molecular flexibility index (Phi) is 3.05. The predicted molar refractivity (Wildman–Crippen MR) is 55.4 cm³/mol. The lowest BCUT2D eigenvalue weighted by Gasteiger charge is -2.14. The van der Waals surface area contributed by atoms with Gasteiger partial charge in [0, 0.05) is 0 Å². The second-order valence-corrected chi connectivity index (χ2v) is 6.59. The van der Waals surface area contributed by atoms with Crippen LogP contribution in [-0.4, -0.2) is 18.9 Å². The summed E-state index contributed by atoms with van der Waals surface area (Å²) in [7, 11) is -2.83. The van der Waals surface area contributed by atoms with Gasteiger partial charge in [-0.15, -0.1) is 0 Å². The van der Waals surface area contributed by atoms with Crippen molar-refractivity contribution in [2.45, 2.75) is 51.0 Å². The summed E-state index contributed by atoms with van der Waals surface area (Å²) in [6.07, 6.45) is 1.54. The minimum Gasteiger partial charge on any atom is -0.228 e. The van der Waals surface area contributed by atoms with E-state index in [1.807, 2.05) is 13.8 Å². The lowest BCUT2D eigenvalue weighted by atomic mass is 9.89. The van der Waals surface area contributed by atoms with Crippen LogP contribution in [0.15, 0.2) is 0 Å². The number of sulfone groups is 1. The van der Waals surface area contributed by atoms with Gasteiger partial charge in [0.05, 0.1) is 10.5 Å². The largest absolute Gasteiger partial charge is 0.228 e. The Morgan fingerprint density at radius 2 is 1.23 bits per heavy atom. The van der Waals surface area contributed by atoms with E-state index in [1.54, 1.807) is 0 Å². The molecule has 0 aromatic carbocycles. The van der Waals surface area contributed by atoms with Crippen molar-refractivity contribution in [1.82, 2.24) is 0 Å². The average molecular weight is 204 g/mol. The van der Waals surface area contributed by atoms with Crippen LogP contribution in [0, 0.1) is 11.8 Å². The second-order valence-electron chi connectivity index (χ2n) is 4.20. The fourth-order valence-electron chi connectivity index (χ4n) is 2.71. The summed E-state index contributed by atoms with van der Waals surface area (Å²) in [5.41, 5.74) is 0. The molecule has 0 radical (unpaired) electrons. The van der Waals surface area contributed by atoms with Crippen molar-refractivity contribution in [2.24, 2.45) is 11.8 Å². The maximum absolute atomic E-state index is 12.0. The standard InChI is InChI=1S/C10H20O2S/c1-5-9-7(3)8(4)10(6-2)13(9,11)12/h7-10H,5-6H2,1-4H3. The molecule has 2 nitrogen and oxygen atoms in total. The van der Waals surface area contributed by atoms with Crippen molar-refractivity contribution < 1.29 is 8.42 Å². The van der Waals surface area contributed by atoms with E-state index in [1.165, 1.54) is 0 Å². The van der Waals surface area contributed by atoms with Gasteiger partial charge in [-0.1, -0.05) is 27.7 Å². The van der Waals surface area contributed by atoms with Gasteiger partial charge in [-0.25, -0.2) is 8.42 Å². The van der Waals surface area contributed by atoms with E-state index >= 15 is 0 Å². The van der Waals surface area contributed by atoms with Crippen LogP contribution in [0.25, 0.3) is 0 Å². The molecule has 1 saturated heterocycles. The number of hydrogen-bond donors (Lipinski definition) is 0. The molecule has 1 fully saturated rings. The van der Waals surface area contributed by atoms with Gasteiger partial charge in [0.2, 0.25) is 0 Å². The van der Waals surface area contributed by atoms with Crippen LogP contribution in [0.4, 0.5) is 0 Å². The van der Waals surface area contributed by atoms with E-state index < -0.39 is 9.84 Å². The van der Waals surface area contributed by atoms with Gasteiger partial charge >= 0.3 is 0 Å². The Bertz CT molecular complexity index is 247. The molecule has 0 spiro atoms. The van der Waals surface area contributed by atoms with Crippen molar-refractivity contribution in [2.75, 3.05) is 0 Å². The maximum Gasteiger partial charge on any atom is 0.156 e. The first-order valence-electron chi connectivity index (χ1n) is 5.19. The molecule has 4 atom stereocenters. The Hall–Kier alpha value is -0.0500. The highest BCUT2D eigenvalue weighted by Gasteiger charge is 2.48. The summed E-state index contributed by atoms with van der Waals surface area (Å²) in [5.74, 6) is 0.667. The van der Waals surface area contributed by atoms with Crippen molar-refractivity contribution in [3.05, 3.63) is 0 Å². The van der Waals surface area contributed by atoms with Crippen molar-refractivity contribution in [3.8, 4) is 0 Å². The third-order valence-corrected chi connectivity index (χ3v) is 6.86. The Morgan fingerprint density at radius 1 is 0.923 bits per heavy atom. The molecule has 0 aliphatic carbocycles. The first-order valence-corrected chi connectivity index (χ1v) is 6.80. The molecule has 1 aliphatic rings. The first-order chi connectivity index (χ1) is 5.96. The van der Waals surface area contributed by atoms with E-state index in [0.717, 1.165) is 12.8 Å². The third-order valence-electron chi connectivity index (χ3n) is 3.65. The molecule has 1 rings (SSSR count). The Labute approximate surface area is 81.6 Å². The zero-order chi connectivity index (χ0) is 10.2. The van der Waals surface area contributed by atoms with E-state index in [-0.39, 0.29) is 10.5 Å². The van der Waals surface area contributed by atoms with Gasteiger partial charge in [0.15, 0.2) is 9.84 Å². The Morgan fingerprint density at radius 3 is 1.38 bits per heavy atom. The van der Waals surface area contributed by atoms with Crippen LogP contribution >= 0.6 is 0 Å². The molecule has 0 saturated carbocycles. The molecule has 4 unspecified atom stereocenters. The van der Waals surface area contributed by atoms with Crippen LogP contribution < -0.4 is 0 Å². The zero-order valence-corrected chi connectivity index (χ0v) is 9.76. The van der Waals surface area contributed by atoms with E-state index in [2.05, 4.69) is 13.8 Å². The van der Waals surface area contributed by atoms with E-state index in [9.17, 15) is 8.42 Å². The highest BCUT2D eigenvalue weighted by atomic mass is 32.2. The molecule has 0 aromatic rings. The van der Waals surface area contributed by atoms with Gasteiger partial charge in [-0.2, -0.15) is 0 Å². The second kappa shape index (κ2) is 3.60. The lowest BCUT2D eigenvalue weighted by Crippen LogP contribution is -2.24. The van der Waals surface area contributed by atoms with Gasteiger partial charge in [-0.3, -0.25) is 0 Å². The van der Waals surface area contributed by atoms with Gasteiger partial charge in [0.1, 0.15) is 0 Å². The summed E-state index contributed by atoms with van der Waals surface area (Å²) >= 11 is 0. The highest BCUT2D eigenvalue weighted by molar-refractivity contribution is 7.93. The molecule has 78 valence electrons. The molecule has 0 N–H and O–H groups in total. The molecule has 13 heavy (non-hydrogen) atoms. The minimum absolute atomic E-state index is 0.0903. The quantitative estimate of drug-likeness (QED) is 0.691. The van der Waals surface area contributed by atoms with E-state index in [0.29, 0.717) is 11.8 Å². The topological polar surface area (TPSA) is 34.1 Å². The van der Waals surface area contributed by atoms with Crippen LogP contribution in [0.1, 0.15) is 40.5 Å². The summed E-state index contributed by atoms with van der Waals surface area (Å²) < 4.78 is 24.0. The summed E-state index contributed by atoms with van der Waals surface area (Å²) in [6, 6.07) is 0. The molecule has 1 heterocycles. The molecule has 3 heteroatoms. The van der Waals surface area contributed by atoms with Crippen LogP contribution in [0.3, 0.4) is 0 Å². The smallest absolute Gasteiger partial charge is 0.156 e. The van der Waals surface area contributed by atoms with Crippen molar-refractivity contribution in [3.63, 3.8) is 0 Å². The third kappa shape index (κ3) is 1.51. The molecule has 0 aromatic heterocycles. The average Bonchev–Trinajstić information content (AvgIpc) is 2.20. The van der Waals surface area contributed by atoms with Gasteiger partial charge < -0.3 is 0 Å². The molecule has 1 aliphatic heterocycles. The Balaban J connectivity index is 3.05. The first kappa shape index (κ1) is 11.0. The summed E-state index contributed by atoms with van der Waals surface area (Å²) in [5, 5.41) is -0.181. The van der Waals surface area contributed by atoms with Gasteiger partial charge in [-0.05, 0) is 24.7 Å². The molecule has 0 bridgehead atoms. The highest BCUT2D eigenvalue weighted by Crippen LogP contribution is 2.40. The molecular formula is C10H20O2S. The number of hydrogen-bond acceptors (Lipinski definition) is 2. The SMILES string of the molecule is CCC1C(C)C(C)C(CC)S1(=O)=O.